The molecule has 1 N–H and O–H groups in total. The fraction of sp³-hybridized carbons (Fsp3) is 0.381. The molecule has 1 fully saturated rings. The minimum Gasteiger partial charge on any atom is -0.347 e. The highest BCUT2D eigenvalue weighted by Gasteiger charge is 2.23. The number of nitrogens with zero attached hydrogens (tertiary/aromatic N) is 7. The van der Waals surface area contributed by atoms with Crippen LogP contribution in [0.5, 0.6) is 0 Å². The van der Waals surface area contributed by atoms with Crippen molar-refractivity contribution in [3.05, 3.63) is 53.1 Å². The van der Waals surface area contributed by atoms with Crippen molar-refractivity contribution in [3.63, 3.8) is 0 Å². The lowest BCUT2D eigenvalue weighted by Gasteiger charge is -2.31. The second-order valence-corrected chi connectivity index (χ2v) is 8.46. The van der Waals surface area contributed by atoms with E-state index in [2.05, 4.69) is 30.5 Å². The number of likely N-dealkylation sites (tertiary alicyclic amines) is 1. The zero-order chi connectivity index (χ0) is 20.9. The summed E-state index contributed by atoms with van der Waals surface area (Å²) in [6, 6.07) is 5.57. The van der Waals surface area contributed by atoms with Crippen LogP contribution in [0.1, 0.15) is 35.7 Å². The number of aromatic nitrogens is 4. The van der Waals surface area contributed by atoms with E-state index in [1.807, 2.05) is 43.5 Å². The molecule has 1 saturated heterocycles. The van der Waals surface area contributed by atoms with Crippen molar-refractivity contribution < 1.29 is 0 Å². The number of hydrogen-bond acceptors (Lipinski definition) is 9. The third-order valence-corrected chi connectivity index (χ3v) is 5.85. The van der Waals surface area contributed by atoms with Gasteiger partial charge in [0.15, 0.2) is 5.13 Å². The van der Waals surface area contributed by atoms with Gasteiger partial charge in [0.1, 0.15) is 11.8 Å². The molecule has 3 aromatic rings. The highest BCUT2D eigenvalue weighted by atomic mass is 32.1. The van der Waals surface area contributed by atoms with E-state index < -0.39 is 0 Å². The summed E-state index contributed by atoms with van der Waals surface area (Å²) in [6.45, 7) is 2.92. The van der Waals surface area contributed by atoms with E-state index in [-0.39, 0.29) is 0 Å². The minimum absolute atomic E-state index is 0.407. The fourth-order valence-corrected chi connectivity index (χ4v) is 4.36. The zero-order valence-corrected chi connectivity index (χ0v) is 17.9. The van der Waals surface area contributed by atoms with Gasteiger partial charge in [0, 0.05) is 56.4 Å². The quantitative estimate of drug-likeness (QED) is 0.649. The van der Waals surface area contributed by atoms with Crippen LogP contribution in [0, 0.1) is 11.3 Å². The van der Waals surface area contributed by atoms with E-state index >= 15 is 0 Å². The number of anilines is 3. The van der Waals surface area contributed by atoms with Crippen LogP contribution in [-0.2, 0) is 6.54 Å². The van der Waals surface area contributed by atoms with E-state index in [0.29, 0.717) is 11.6 Å². The second-order valence-electron chi connectivity index (χ2n) is 7.61. The zero-order valence-electron chi connectivity index (χ0n) is 17.1. The van der Waals surface area contributed by atoms with Gasteiger partial charge >= 0.3 is 0 Å². The standard InChI is InChI=1S/C21H24N8S/c1-28(2)20-24-9-15(10-25-20)12-29-7-3-4-16(13-29)19-14-30-21(27-19)26-18-6-5-17(8-22)23-11-18/h5-6,9-11,14,16H,3-4,7,12-13H2,1-2H3,(H,26,27). The average molecular weight is 421 g/mol. The summed E-state index contributed by atoms with van der Waals surface area (Å²) in [5.74, 6) is 1.15. The van der Waals surface area contributed by atoms with Crippen molar-refractivity contribution in [2.24, 2.45) is 0 Å². The Morgan fingerprint density at radius 3 is 2.77 bits per heavy atom. The van der Waals surface area contributed by atoms with Gasteiger partial charge in [-0.1, -0.05) is 0 Å². The first-order valence-electron chi connectivity index (χ1n) is 9.90. The molecule has 0 radical (unpaired) electrons. The Morgan fingerprint density at radius 2 is 2.07 bits per heavy atom. The Bertz CT molecular complexity index is 1010. The van der Waals surface area contributed by atoms with Gasteiger partial charge in [0.2, 0.25) is 5.95 Å². The molecule has 0 aliphatic carbocycles. The SMILES string of the molecule is CN(C)c1ncc(CN2CCCC(c3csc(Nc4ccc(C#N)nc4)n3)C2)cn1. The molecule has 30 heavy (non-hydrogen) atoms. The van der Waals surface area contributed by atoms with Crippen LogP contribution in [0.25, 0.3) is 0 Å². The maximum Gasteiger partial charge on any atom is 0.224 e. The topological polar surface area (TPSA) is 93.9 Å². The molecule has 0 saturated carbocycles. The summed E-state index contributed by atoms with van der Waals surface area (Å²) < 4.78 is 0. The van der Waals surface area contributed by atoms with Crippen LogP contribution in [0.15, 0.2) is 36.1 Å². The van der Waals surface area contributed by atoms with Crippen molar-refractivity contribution in [2.75, 3.05) is 37.4 Å². The monoisotopic (exact) mass is 420 g/mol. The first kappa shape index (κ1) is 20.2. The third-order valence-electron chi connectivity index (χ3n) is 5.07. The predicted octanol–water partition coefficient (Wildman–Crippen LogP) is 3.39. The Kier molecular flexibility index (Phi) is 6.16. The molecular formula is C21H24N8S. The third kappa shape index (κ3) is 4.90. The summed E-state index contributed by atoms with van der Waals surface area (Å²) in [5, 5.41) is 15.1. The molecule has 1 aliphatic rings. The molecule has 154 valence electrons. The van der Waals surface area contributed by atoms with E-state index in [0.717, 1.165) is 60.5 Å². The molecule has 1 aliphatic heterocycles. The molecule has 4 heterocycles. The lowest BCUT2D eigenvalue weighted by molar-refractivity contribution is 0.198. The molecule has 9 heteroatoms. The van der Waals surface area contributed by atoms with E-state index in [1.54, 1.807) is 23.6 Å². The van der Waals surface area contributed by atoms with Gasteiger partial charge in [-0.25, -0.2) is 19.9 Å². The molecule has 0 amide bonds. The molecule has 8 nitrogen and oxygen atoms in total. The maximum absolute atomic E-state index is 8.86. The lowest BCUT2D eigenvalue weighted by Crippen LogP contribution is -2.34. The predicted molar refractivity (Wildman–Crippen MR) is 118 cm³/mol. The van der Waals surface area contributed by atoms with Crippen LogP contribution in [0.4, 0.5) is 16.8 Å². The van der Waals surface area contributed by atoms with Crippen molar-refractivity contribution in [3.8, 4) is 6.07 Å². The van der Waals surface area contributed by atoms with E-state index in [4.69, 9.17) is 10.2 Å². The minimum atomic E-state index is 0.407. The number of thiazole rings is 1. The smallest absolute Gasteiger partial charge is 0.224 e. The molecule has 3 aromatic heterocycles. The van der Waals surface area contributed by atoms with E-state index in [9.17, 15) is 0 Å². The van der Waals surface area contributed by atoms with Crippen molar-refractivity contribution in [1.82, 2.24) is 24.8 Å². The number of nitriles is 1. The molecule has 1 atom stereocenters. The molecular weight excluding hydrogens is 396 g/mol. The van der Waals surface area contributed by atoms with Gasteiger partial charge in [-0.05, 0) is 31.5 Å². The fourth-order valence-electron chi connectivity index (χ4n) is 3.55. The van der Waals surface area contributed by atoms with E-state index in [1.165, 1.54) is 0 Å². The Morgan fingerprint density at radius 1 is 1.23 bits per heavy atom. The highest BCUT2D eigenvalue weighted by molar-refractivity contribution is 7.13. The van der Waals surface area contributed by atoms with Crippen LogP contribution >= 0.6 is 11.3 Å². The molecule has 0 spiro atoms. The van der Waals surface area contributed by atoms with Crippen LogP contribution < -0.4 is 10.2 Å². The highest BCUT2D eigenvalue weighted by Crippen LogP contribution is 2.31. The van der Waals surface area contributed by atoms with Gasteiger partial charge < -0.3 is 10.2 Å². The summed E-state index contributed by atoms with van der Waals surface area (Å²) in [5.41, 5.74) is 3.51. The largest absolute Gasteiger partial charge is 0.347 e. The van der Waals surface area contributed by atoms with Gasteiger partial charge in [-0.3, -0.25) is 4.90 Å². The number of rotatable bonds is 6. The summed E-state index contributed by atoms with van der Waals surface area (Å²) in [7, 11) is 3.89. The first-order chi connectivity index (χ1) is 14.6. The van der Waals surface area contributed by atoms with Gasteiger partial charge in [-0.15, -0.1) is 11.3 Å². The second kappa shape index (κ2) is 9.15. The number of nitrogens with one attached hydrogen (secondary N) is 1. The normalized spacial score (nSPS) is 16.8. The van der Waals surface area contributed by atoms with Crippen molar-refractivity contribution in [1.29, 1.82) is 5.26 Å². The summed E-state index contributed by atoms with van der Waals surface area (Å²) >= 11 is 1.60. The van der Waals surface area contributed by atoms with Crippen LogP contribution in [0.3, 0.4) is 0 Å². The first-order valence-corrected chi connectivity index (χ1v) is 10.8. The number of hydrogen-bond donors (Lipinski definition) is 1. The van der Waals surface area contributed by atoms with Crippen molar-refractivity contribution in [2.45, 2.75) is 25.3 Å². The van der Waals surface area contributed by atoms with Gasteiger partial charge in [0.25, 0.3) is 0 Å². The van der Waals surface area contributed by atoms with Gasteiger partial charge in [-0.2, -0.15) is 5.26 Å². The summed E-state index contributed by atoms with van der Waals surface area (Å²) in [4.78, 5) is 22.1. The van der Waals surface area contributed by atoms with Crippen LogP contribution in [-0.4, -0.2) is 52.0 Å². The average Bonchev–Trinajstić information content (AvgIpc) is 3.23. The Balaban J connectivity index is 1.36. The maximum atomic E-state index is 8.86. The van der Waals surface area contributed by atoms with Crippen molar-refractivity contribution >= 4 is 28.1 Å². The lowest BCUT2D eigenvalue weighted by atomic mass is 9.95. The Labute approximate surface area is 180 Å². The molecule has 0 aromatic carbocycles. The Hall–Kier alpha value is -3.09. The number of pyridine rings is 1. The van der Waals surface area contributed by atoms with Gasteiger partial charge in [0.05, 0.1) is 17.6 Å². The molecule has 1 unspecified atom stereocenters. The number of piperidine rings is 1. The molecule has 0 bridgehead atoms. The summed E-state index contributed by atoms with van der Waals surface area (Å²) in [6.07, 6.45) is 7.80. The molecule has 4 rings (SSSR count). The van der Waals surface area contributed by atoms with Crippen LogP contribution in [0.2, 0.25) is 0 Å².